The molecule has 0 radical (unpaired) electrons. The maximum atomic E-state index is 5.66. The van der Waals surface area contributed by atoms with E-state index in [1.807, 2.05) is 48.5 Å². The molecule has 0 spiro atoms. The molecular weight excluding hydrogens is 416 g/mol. The van der Waals surface area contributed by atoms with Crippen molar-refractivity contribution in [3.63, 3.8) is 0 Å². The highest BCUT2D eigenvalue weighted by molar-refractivity contribution is 9.10. The van der Waals surface area contributed by atoms with E-state index >= 15 is 0 Å². The van der Waals surface area contributed by atoms with E-state index in [9.17, 15) is 0 Å². The van der Waals surface area contributed by atoms with Gasteiger partial charge in [-0.1, -0.05) is 78.3 Å². The average molecular weight is 437 g/mol. The van der Waals surface area contributed by atoms with Gasteiger partial charge in [0.25, 0.3) is 0 Å². The van der Waals surface area contributed by atoms with Crippen molar-refractivity contribution in [3.05, 3.63) is 94.0 Å². The Bertz CT molecular complexity index is 1130. The van der Waals surface area contributed by atoms with Gasteiger partial charge >= 0.3 is 0 Å². The van der Waals surface area contributed by atoms with E-state index in [-0.39, 0.29) is 0 Å². The lowest BCUT2D eigenvalue weighted by molar-refractivity contribution is 0.902. The molecule has 0 aliphatic carbocycles. The fourth-order valence-corrected chi connectivity index (χ4v) is 3.58. The molecule has 0 aliphatic heterocycles. The van der Waals surface area contributed by atoms with Gasteiger partial charge in [0, 0.05) is 34.9 Å². The first kappa shape index (κ1) is 20.6. The molecule has 1 heteroatoms. The Morgan fingerprint density at radius 3 is 2.28 bits per heavy atom. The third kappa shape index (κ3) is 5.90. The lowest BCUT2D eigenvalue weighted by Crippen LogP contribution is -1.90. The van der Waals surface area contributed by atoms with Crippen LogP contribution in [0.2, 0.25) is 0 Å². The van der Waals surface area contributed by atoms with Gasteiger partial charge < -0.3 is 0 Å². The first-order valence-electron chi connectivity index (χ1n) is 9.62. The molecule has 0 amide bonds. The van der Waals surface area contributed by atoms with E-state index in [2.05, 4.69) is 69.8 Å². The van der Waals surface area contributed by atoms with Crippen molar-refractivity contribution in [2.24, 2.45) is 0 Å². The molecule has 3 aromatic carbocycles. The quantitative estimate of drug-likeness (QED) is 0.309. The number of benzene rings is 3. The molecular formula is C28H21Br. The zero-order valence-electron chi connectivity index (χ0n) is 16.2. The monoisotopic (exact) mass is 436 g/mol. The van der Waals surface area contributed by atoms with Gasteiger partial charge in [-0.3, -0.25) is 0 Å². The van der Waals surface area contributed by atoms with Crippen molar-refractivity contribution in [1.29, 1.82) is 0 Å². The highest BCUT2D eigenvalue weighted by atomic mass is 79.9. The van der Waals surface area contributed by atoms with Crippen molar-refractivity contribution in [2.75, 3.05) is 0 Å². The smallest absolute Gasteiger partial charge is 0.0351 e. The Balaban J connectivity index is 1.57. The minimum absolute atomic E-state index is 0.711. The summed E-state index contributed by atoms with van der Waals surface area (Å²) in [7, 11) is 0. The summed E-state index contributed by atoms with van der Waals surface area (Å²) in [5.41, 5.74) is 5.30. The van der Waals surface area contributed by atoms with E-state index in [1.54, 1.807) is 0 Å². The summed E-state index contributed by atoms with van der Waals surface area (Å²) in [5, 5.41) is 0. The first-order chi connectivity index (χ1) is 14.3. The minimum atomic E-state index is 0.711. The number of unbranched alkanes of at least 4 members (excludes halogenated alkanes) is 2. The van der Waals surface area contributed by atoms with E-state index in [0.29, 0.717) is 6.42 Å². The van der Waals surface area contributed by atoms with Crippen LogP contribution in [-0.2, 0) is 6.42 Å². The van der Waals surface area contributed by atoms with E-state index in [4.69, 9.17) is 6.42 Å². The highest BCUT2D eigenvalue weighted by Gasteiger charge is 2.09. The van der Waals surface area contributed by atoms with Gasteiger partial charge in [-0.15, -0.1) is 12.3 Å². The predicted molar refractivity (Wildman–Crippen MR) is 126 cm³/mol. The normalized spacial score (nSPS) is 9.52. The molecule has 0 N–H and O–H groups in total. The Morgan fingerprint density at radius 1 is 0.724 bits per heavy atom. The molecule has 3 rings (SSSR count). The van der Waals surface area contributed by atoms with Gasteiger partial charge in [0.2, 0.25) is 0 Å². The van der Waals surface area contributed by atoms with E-state index in [0.717, 1.165) is 46.0 Å². The number of rotatable bonds is 4. The van der Waals surface area contributed by atoms with Crippen LogP contribution in [0.15, 0.2) is 77.3 Å². The van der Waals surface area contributed by atoms with Crippen molar-refractivity contribution < 1.29 is 0 Å². The van der Waals surface area contributed by atoms with Crippen molar-refractivity contribution >= 4 is 15.9 Å². The second-order valence-corrected chi connectivity index (χ2v) is 7.31. The Labute approximate surface area is 182 Å². The van der Waals surface area contributed by atoms with Crippen LogP contribution >= 0.6 is 15.9 Å². The number of hydrogen-bond acceptors (Lipinski definition) is 0. The average Bonchev–Trinajstić information content (AvgIpc) is 2.77. The maximum Gasteiger partial charge on any atom is 0.0351 e. The van der Waals surface area contributed by atoms with Crippen LogP contribution in [0.4, 0.5) is 0 Å². The summed E-state index contributed by atoms with van der Waals surface area (Å²) in [4.78, 5) is 0. The van der Waals surface area contributed by atoms with Crippen LogP contribution in [0.1, 0.15) is 36.0 Å². The summed E-state index contributed by atoms with van der Waals surface area (Å²) < 4.78 is 1.06. The van der Waals surface area contributed by atoms with Crippen LogP contribution in [0.5, 0.6) is 0 Å². The molecule has 0 heterocycles. The summed E-state index contributed by atoms with van der Waals surface area (Å²) in [5.74, 6) is 15.7. The molecule has 0 atom stereocenters. The predicted octanol–water partition coefficient (Wildman–Crippen LogP) is 6.87. The zero-order chi connectivity index (χ0) is 20.3. The molecule has 0 unspecified atom stereocenters. The van der Waals surface area contributed by atoms with E-state index < -0.39 is 0 Å². The topological polar surface area (TPSA) is 0 Å². The van der Waals surface area contributed by atoms with Crippen LogP contribution < -0.4 is 0 Å². The Morgan fingerprint density at radius 2 is 1.45 bits per heavy atom. The maximum absolute atomic E-state index is 5.66. The fraction of sp³-hybridized carbons (Fsp3) is 0.143. The molecule has 29 heavy (non-hydrogen) atoms. The van der Waals surface area contributed by atoms with Gasteiger partial charge in [-0.05, 0) is 57.2 Å². The standard InChI is InChI=1S/C28H21Br/c1-2-24-18-12-13-21-26(24)27-22-14-20-25(28(27)29)19-11-6-4-3-5-8-15-23-16-9-7-10-17-23/h1,7,9-10,12-14,16-18,20-22H,3-5,19H2. The Kier molecular flexibility index (Phi) is 7.78. The molecule has 0 fully saturated rings. The number of halogens is 1. The van der Waals surface area contributed by atoms with Gasteiger partial charge in [0.05, 0.1) is 0 Å². The molecule has 140 valence electrons. The van der Waals surface area contributed by atoms with Crippen molar-refractivity contribution in [1.82, 2.24) is 0 Å². The summed E-state index contributed by atoms with van der Waals surface area (Å²) in [6, 6.07) is 24.3. The second kappa shape index (κ2) is 11.0. The molecule has 0 aromatic heterocycles. The number of terminal acetylenes is 1. The third-order valence-corrected chi connectivity index (χ3v) is 5.40. The second-order valence-electron chi connectivity index (χ2n) is 6.52. The fourth-order valence-electron chi connectivity index (χ4n) is 2.97. The van der Waals surface area contributed by atoms with E-state index in [1.165, 1.54) is 5.56 Å². The highest BCUT2D eigenvalue weighted by Crippen LogP contribution is 2.33. The van der Waals surface area contributed by atoms with Crippen LogP contribution in [0, 0.1) is 36.0 Å². The molecule has 0 nitrogen and oxygen atoms in total. The van der Waals surface area contributed by atoms with Crippen LogP contribution in [0.25, 0.3) is 11.1 Å². The zero-order valence-corrected chi connectivity index (χ0v) is 17.8. The summed E-state index contributed by atoms with van der Waals surface area (Å²) in [6.07, 6.45) is 9.09. The first-order valence-corrected chi connectivity index (χ1v) is 10.4. The largest absolute Gasteiger partial charge is 0.115 e. The molecule has 0 aliphatic rings. The summed E-state index contributed by atoms with van der Waals surface area (Å²) in [6.45, 7) is 0. The minimum Gasteiger partial charge on any atom is -0.115 e. The third-order valence-electron chi connectivity index (χ3n) is 4.47. The SMILES string of the molecule is C#Cc1ccccc1-c1cccc(CC#CCCCC#Cc2ccccc2)c1Br. The lowest BCUT2D eigenvalue weighted by Gasteiger charge is -2.10. The lowest BCUT2D eigenvalue weighted by atomic mass is 9.97. The molecule has 0 saturated carbocycles. The van der Waals surface area contributed by atoms with Gasteiger partial charge in [-0.2, -0.15) is 0 Å². The van der Waals surface area contributed by atoms with Crippen molar-refractivity contribution in [2.45, 2.75) is 25.7 Å². The van der Waals surface area contributed by atoms with Crippen molar-refractivity contribution in [3.8, 4) is 47.2 Å². The summed E-state index contributed by atoms with van der Waals surface area (Å²) >= 11 is 3.75. The van der Waals surface area contributed by atoms with Gasteiger partial charge in [0.15, 0.2) is 0 Å². The molecule has 0 saturated heterocycles. The van der Waals surface area contributed by atoms with Crippen LogP contribution in [-0.4, -0.2) is 0 Å². The van der Waals surface area contributed by atoms with Gasteiger partial charge in [0.1, 0.15) is 0 Å². The number of hydrogen-bond donors (Lipinski definition) is 0. The van der Waals surface area contributed by atoms with Crippen LogP contribution in [0.3, 0.4) is 0 Å². The van der Waals surface area contributed by atoms with Gasteiger partial charge in [-0.25, -0.2) is 0 Å². The Hall–Kier alpha value is -3.18. The molecule has 3 aromatic rings. The molecule has 0 bridgehead atoms.